The highest BCUT2D eigenvalue weighted by Crippen LogP contribution is 2.13. The SMILES string of the molecule is O=C(Nc1ccccc1)Nc1ccc(/C=C/C(=O)c2ccccc2)cc1. The average molecular weight is 342 g/mol. The molecule has 0 radical (unpaired) electrons. The van der Waals surface area contributed by atoms with Crippen LogP contribution in [0.4, 0.5) is 16.2 Å². The molecule has 2 N–H and O–H groups in total. The topological polar surface area (TPSA) is 58.2 Å². The van der Waals surface area contributed by atoms with Crippen LogP contribution < -0.4 is 10.6 Å². The molecule has 0 atom stereocenters. The molecule has 0 fully saturated rings. The van der Waals surface area contributed by atoms with Gasteiger partial charge in [0.25, 0.3) is 0 Å². The molecule has 0 unspecified atom stereocenters. The van der Waals surface area contributed by atoms with Crippen molar-refractivity contribution in [1.82, 2.24) is 0 Å². The minimum Gasteiger partial charge on any atom is -0.308 e. The fraction of sp³-hybridized carbons (Fsp3) is 0. The molecule has 4 heteroatoms. The van der Waals surface area contributed by atoms with E-state index in [1.165, 1.54) is 0 Å². The zero-order valence-corrected chi connectivity index (χ0v) is 14.1. The number of hydrogen-bond acceptors (Lipinski definition) is 2. The Morgan fingerprint density at radius 2 is 1.19 bits per heavy atom. The zero-order chi connectivity index (χ0) is 18.2. The highest BCUT2D eigenvalue weighted by atomic mass is 16.2. The molecule has 3 aromatic carbocycles. The van der Waals surface area contributed by atoms with Gasteiger partial charge in [-0.1, -0.05) is 66.7 Å². The number of rotatable bonds is 5. The van der Waals surface area contributed by atoms with Crippen molar-refractivity contribution in [2.24, 2.45) is 0 Å². The van der Waals surface area contributed by atoms with Crippen molar-refractivity contribution in [3.8, 4) is 0 Å². The third-order valence-corrected chi connectivity index (χ3v) is 3.69. The molecule has 0 heterocycles. The van der Waals surface area contributed by atoms with Crippen molar-refractivity contribution >= 4 is 29.3 Å². The van der Waals surface area contributed by atoms with Gasteiger partial charge in [0.2, 0.25) is 0 Å². The van der Waals surface area contributed by atoms with Crippen molar-refractivity contribution in [1.29, 1.82) is 0 Å². The summed E-state index contributed by atoms with van der Waals surface area (Å²) in [5.41, 5.74) is 2.93. The second-order valence-corrected chi connectivity index (χ2v) is 5.63. The fourth-order valence-electron chi connectivity index (χ4n) is 2.36. The number of benzene rings is 3. The molecule has 0 aliphatic rings. The highest BCUT2D eigenvalue weighted by Gasteiger charge is 2.02. The van der Waals surface area contributed by atoms with Crippen LogP contribution in [0.15, 0.2) is 91.0 Å². The average Bonchev–Trinajstić information content (AvgIpc) is 2.68. The third-order valence-electron chi connectivity index (χ3n) is 3.69. The maximum atomic E-state index is 12.1. The molecule has 4 nitrogen and oxygen atoms in total. The number of anilines is 2. The van der Waals surface area contributed by atoms with Crippen LogP contribution in [0.25, 0.3) is 6.08 Å². The number of urea groups is 1. The lowest BCUT2D eigenvalue weighted by Crippen LogP contribution is -2.19. The molecule has 2 amide bonds. The van der Waals surface area contributed by atoms with Gasteiger partial charge in [0.05, 0.1) is 0 Å². The summed E-state index contributed by atoms with van der Waals surface area (Å²) in [5, 5.41) is 5.52. The van der Waals surface area contributed by atoms with E-state index in [9.17, 15) is 9.59 Å². The Morgan fingerprint density at radius 3 is 1.81 bits per heavy atom. The van der Waals surface area contributed by atoms with Crippen LogP contribution in [0.3, 0.4) is 0 Å². The summed E-state index contributed by atoms with van der Waals surface area (Å²) >= 11 is 0. The molecular weight excluding hydrogens is 324 g/mol. The standard InChI is InChI=1S/C22H18N2O2/c25-21(18-7-3-1-4-8-18)16-13-17-11-14-20(15-12-17)24-22(26)23-19-9-5-2-6-10-19/h1-16H,(H2,23,24,26)/b16-13+. The summed E-state index contributed by atoms with van der Waals surface area (Å²) < 4.78 is 0. The number of hydrogen-bond donors (Lipinski definition) is 2. The Hall–Kier alpha value is -3.66. The lowest BCUT2D eigenvalue weighted by Gasteiger charge is -2.07. The van der Waals surface area contributed by atoms with Crippen LogP contribution in [0.2, 0.25) is 0 Å². The molecule has 0 saturated heterocycles. The Morgan fingerprint density at radius 1 is 0.654 bits per heavy atom. The molecule has 0 aromatic heterocycles. The van der Waals surface area contributed by atoms with Crippen LogP contribution in [-0.2, 0) is 0 Å². The molecule has 3 rings (SSSR count). The van der Waals surface area contributed by atoms with Crippen LogP contribution in [0.1, 0.15) is 15.9 Å². The number of carbonyl (C=O) groups is 2. The van der Waals surface area contributed by atoms with E-state index in [0.717, 1.165) is 11.3 Å². The van der Waals surface area contributed by atoms with E-state index in [1.54, 1.807) is 36.4 Å². The third kappa shape index (κ3) is 4.92. The van der Waals surface area contributed by atoms with Crippen LogP contribution >= 0.6 is 0 Å². The summed E-state index contributed by atoms with van der Waals surface area (Å²) in [6.07, 6.45) is 3.29. The van der Waals surface area contributed by atoms with E-state index in [-0.39, 0.29) is 11.8 Å². The number of para-hydroxylation sites is 1. The molecule has 0 saturated carbocycles. The lowest BCUT2D eigenvalue weighted by atomic mass is 10.1. The maximum Gasteiger partial charge on any atom is 0.323 e. The number of nitrogens with one attached hydrogen (secondary N) is 2. The molecule has 26 heavy (non-hydrogen) atoms. The van der Waals surface area contributed by atoms with Crippen molar-refractivity contribution in [2.45, 2.75) is 0 Å². The van der Waals surface area contributed by atoms with Gasteiger partial charge in [-0.25, -0.2) is 4.79 Å². The number of amides is 2. The molecule has 0 bridgehead atoms. The molecule has 0 spiro atoms. The first-order chi connectivity index (χ1) is 12.7. The number of ketones is 1. The second-order valence-electron chi connectivity index (χ2n) is 5.63. The molecule has 0 aliphatic heterocycles. The molecule has 3 aromatic rings. The largest absolute Gasteiger partial charge is 0.323 e. The summed E-state index contributed by atoms with van der Waals surface area (Å²) in [4.78, 5) is 24.0. The summed E-state index contributed by atoms with van der Waals surface area (Å²) in [7, 11) is 0. The smallest absolute Gasteiger partial charge is 0.308 e. The second kappa shape index (κ2) is 8.44. The normalized spacial score (nSPS) is 10.5. The van der Waals surface area contributed by atoms with Crippen LogP contribution in [0, 0.1) is 0 Å². The van der Waals surface area contributed by atoms with Gasteiger partial charge in [-0.2, -0.15) is 0 Å². The maximum absolute atomic E-state index is 12.1. The Kier molecular flexibility index (Phi) is 5.58. The minimum atomic E-state index is -0.307. The Balaban J connectivity index is 1.57. The number of carbonyl (C=O) groups excluding carboxylic acids is 2. The predicted molar refractivity (Wildman–Crippen MR) is 105 cm³/mol. The Bertz CT molecular complexity index is 902. The minimum absolute atomic E-state index is 0.0463. The quantitative estimate of drug-likeness (QED) is 0.493. The van der Waals surface area contributed by atoms with E-state index in [4.69, 9.17) is 0 Å². The van der Waals surface area contributed by atoms with Crippen molar-refractivity contribution in [3.63, 3.8) is 0 Å². The van der Waals surface area contributed by atoms with Gasteiger partial charge in [-0.05, 0) is 35.9 Å². The van der Waals surface area contributed by atoms with Crippen molar-refractivity contribution in [2.75, 3.05) is 10.6 Å². The van der Waals surface area contributed by atoms with E-state index < -0.39 is 0 Å². The van der Waals surface area contributed by atoms with E-state index in [1.807, 2.05) is 60.7 Å². The molecule has 0 aliphatic carbocycles. The summed E-state index contributed by atoms with van der Waals surface area (Å²) in [5.74, 6) is -0.0463. The van der Waals surface area contributed by atoms with Gasteiger partial charge < -0.3 is 10.6 Å². The summed E-state index contributed by atoms with van der Waals surface area (Å²) in [6.45, 7) is 0. The van der Waals surface area contributed by atoms with Crippen LogP contribution in [0.5, 0.6) is 0 Å². The van der Waals surface area contributed by atoms with Crippen molar-refractivity contribution < 1.29 is 9.59 Å². The lowest BCUT2D eigenvalue weighted by molar-refractivity contribution is 0.104. The highest BCUT2D eigenvalue weighted by molar-refractivity contribution is 6.06. The molecule has 128 valence electrons. The van der Waals surface area contributed by atoms with Gasteiger partial charge >= 0.3 is 6.03 Å². The van der Waals surface area contributed by atoms with Crippen molar-refractivity contribution in [3.05, 3.63) is 102 Å². The van der Waals surface area contributed by atoms with Gasteiger partial charge in [0.15, 0.2) is 5.78 Å². The van der Waals surface area contributed by atoms with E-state index >= 15 is 0 Å². The van der Waals surface area contributed by atoms with Crippen LogP contribution in [-0.4, -0.2) is 11.8 Å². The zero-order valence-electron chi connectivity index (χ0n) is 14.1. The Labute approximate surface area is 152 Å². The summed E-state index contributed by atoms with van der Waals surface area (Å²) in [6, 6.07) is 25.3. The van der Waals surface area contributed by atoms with Gasteiger partial charge in [-0.3, -0.25) is 4.79 Å². The molecular formula is C22H18N2O2. The fourth-order valence-corrected chi connectivity index (χ4v) is 2.36. The monoisotopic (exact) mass is 342 g/mol. The predicted octanol–water partition coefficient (Wildman–Crippen LogP) is 5.23. The van der Waals surface area contributed by atoms with Gasteiger partial charge in [0, 0.05) is 16.9 Å². The van der Waals surface area contributed by atoms with E-state index in [2.05, 4.69) is 10.6 Å². The number of allylic oxidation sites excluding steroid dienone is 1. The first-order valence-corrected chi connectivity index (χ1v) is 8.21. The van der Waals surface area contributed by atoms with E-state index in [0.29, 0.717) is 11.3 Å². The first kappa shape index (κ1) is 17.2. The van der Waals surface area contributed by atoms with Gasteiger partial charge in [0.1, 0.15) is 0 Å². The first-order valence-electron chi connectivity index (χ1n) is 8.21. The van der Waals surface area contributed by atoms with Gasteiger partial charge in [-0.15, -0.1) is 0 Å².